The lowest BCUT2D eigenvalue weighted by Crippen LogP contribution is -2.19. The Bertz CT molecular complexity index is 133. The molecule has 50 valence electrons. The first-order chi connectivity index (χ1) is 4.34. The minimum absolute atomic E-state index is 0.234. The number of nitrogens with one attached hydrogen (secondary N) is 1. The van der Waals surface area contributed by atoms with Crippen molar-refractivity contribution in [2.24, 2.45) is 5.18 Å². The molecule has 0 aliphatic carbocycles. The van der Waals surface area contributed by atoms with Gasteiger partial charge in [-0.2, -0.15) is 0 Å². The molecule has 0 saturated carbocycles. The highest BCUT2D eigenvalue weighted by Gasteiger charge is 2.23. The number of thioether (sulfide) groups is 1. The summed E-state index contributed by atoms with van der Waals surface area (Å²) in [5.41, 5.74) is 0. The van der Waals surface area contributed by atoms with Crippen LogP contribution in [-0.4, -0.2) is 23.6 Å². The van der Waals surface area contributed by atoms with Crippen molar-refractivity contribution in [3.05, 3.63) is 4.91 Å². The van der Waals surface area contributed by atoms with Crippen LogP contribution >= 0.6 is 11.8 Å². The van der Waals surface area contributed by atoms with Gasteiger partial charge in [0.05, 0.1) is 0 Å². The molecule has 1 unspecified atom stereocenters. The molecule has 4 nitrogen and oxygen atoms in total. The van der Waals surface area contributed by atoms with Crippen LogP contribution in [0.25, 0.3) is 0 Å². The van der Waals surface area contributed by atoms with Crippen molar-refractivity contribution in [3.63, 3.8) is 0 Å². The number of carbonyl (C=O) groups excluding carboxylic acids is 1. The normalized spacial score (nSPS) is 26.0. The Labute approximate surface area is 56.4 Å². The predicted octanol–water partition coefficient (Wildman–Crippen LogP) is -0.0581. The zero-order valence-electron chi connectivity index (χ0n) is 4.66. The maximum atomic E-state index is 10.5. The lowest BCUT2D eigenvalue weighted by Gasteiger charge is -1.94. The highest BCUT2D eigenvalue weighted by Crippen LogP contribution is 2.15. The summed E-state index contributed by atoms with van der Waals surface area (Å²) in [6.45, 7) is 0.579. The summed E-state index contributed by atoms with van der Waals surface area (Å²) in [6, 6.07) is 0. The first kappa shape index (κ1) is 6.70. The maximum absolute atomic E-state index is 10.5. The van der Waals surface area contributed by atoms with E-state index in [0.29, 0.717) is 6.54 Å². The SMILES string of the molecule is O=NC(=O)C1CNCS1. The smallest absolute Gasteiger partial charge is 0.300 e. The molecule has 0 aromatic heterocycles. The summed E-state index contributed by atoms with van der Waals surface area (Å²) in [6.07, 6.45) is 0. The van der Waals surface area contributed by atoms with Crippen molar-refractivity contribution in [2.45, 2.75) is 5.25 Å². The number of rotatable bonds is 1. The van der Waals surface area contributed by atoms with Crippen LogP contribution in [0.15, 0.2) is 5.18 Å². The fourth-order valence-corrected chi connectivity index (χ4v) is 1.48. The van der Waals surface area contributed by atoms with Gasteiger partial charge < -0.3 is 5.32 Å². The van der Waals surface area contributed by atoms with Crippen LogP contribution in [-0.2, 0) is 4.79 Å². The molecule has 1 heterocycles. The van der Waals surface area contributed by atoms with Gasteiger partial charge in [-0.1, -0.05) is 0 Å². The van der Waals surface area contributed by atoms with Gasteiger partial charge >= 0.3 is 5.91 Å². The van der Waals surface area contributed by atoms with E-state index in [1.807, 2.05) is 0 Å². The molecule has 1 aliphatic heterocycles. The van der Waals surface area contributed by atoms with Crippen LogP contribution in [0.3, 0.4) is 0 Å². The van der Waals surface area contributed by atoms with E-state index in [9.17, 15) is 9.70 Å². The van der Waals surface area contributed by atoms with E-state index in [1.54, 1.807) is 0 Å². The van der Waals surface area contributed by atoms with Crippen LogP contribution in [0.1, 0.15) is 0 Å². The van der Waals surface area contributed by atoms with Crippen LogP contribution in [0.5, 0.6) is 0 Å². The third-order valence-electron chi connectivity index (χ3n) is 1.08. The monoisotopic (exact) mass is 146 g/mol. The largest absolute Gasteiger partial charge is 0.306 e. The molecular formula is C4H6N2O2S. The molecule has 1 amide bonds. The molecule has 0 aromatic carbocycles. The zero-order chi connectivity index (χ0) is 6.69. The van der Waals surface area contributed by atoms with E-state index in [0.717, 1.165) is 5.88 Å². The Balaban J connectivity index is 2.41. The van der Waals surface area contributed by atoms with E-state index in [2.05, 4.69) is 10.5 Å². The fraction of sp³-hybridized carbons (Fsp3) is 0.750. The van der Waals surface area contributed by atoms with Gasteiger partial charge in [0.1, 0.15) is 5.25 Å². The van der Waals surface area contributed by atoms with Crippen molar-refractivity contribution in [1.29, 1.82) is 0 Å². The van der Waals surface area contributed by atoms with Crippen molar-refractivity contribution < 1.29 is 4.79 Å². The molecule has 5 heteroatoms. The number of hydrogen-bond acceptors (Lipinski definition) is 4. The van der Waals surface area contributed by atoms with E-state index in [1.165, 1.54) is 11.8 Å². The first-order valence-corrected chi connectivity index (χ1v) is 3.59. The Morgan fingerprint density at radius 3 is 3.00 bits per heavy atom. The van der Waals surface area contributed by atoms with Crippen molar-refractivity contribution in [1.82, 2.24) is 5.32 Å². The molecular weight excluding hydrogens is 140 g/mol. The van der Waals surface area contributed by atoms with Gasteiger partial charge in [0.15, 0.2) is 0 Å². The summed E-state index contributed by atoms with van der Waals surface area (Å²) < 4.78 is 0. The highest BCUT2D eigenvalue weighted by molar-refractivity contribution is 8.00. The molecule has 1 saturated heterocycles. The van der Waals surface area contributed by atoms with Crippen LogP contribution < -0.4 is 5.32 Å². The predicted molar refractivity (Wildman–Crippen MR) is 35.1 cm³/mol. The third kappa shape index (κ3) is 1.49. The molecule has 1 rings (SSSR count). The number of nitrogens with zero attached hydrogens (tertiary/aromatic N) is 1. The van der Waals surface area contributed by atoms with Crippen LogP contribution in [0, 0.1) is 4.91 Å². The molecule has 1 aliphatic rings. The highest BCUT2D eigenvalue weighted by atomic mass is 32.2. The second kappa shape index (κ2) is 2.93. The van der Waals surface area contributed by atoms with E-state index in [-0.39, 0.29) is 5.25 Å². The number of nitroso groups, excluding NO2 is 1. The summed E-state index contributed by atoms with van der Waals surface area (Å²) in [5, 5.41) is 5.02. The summed E-state index contributed by atoms with van der Waals surface area (Å²) in [7, 11) is 0. The van der Waals surface area contributed by atoms with Gasteiger partial charge in [-0.05, 0) is 0 Å². The van der Waals surface area contributed by atoms with Crippen molar-refractivity contribution in [2.75, 3.05) is 12.4 Å². The Morgan fingerprint density at radius 1 is 1.78 bits per heavy atom. The van der Waals surface area contributed by atoms with Gasteiger partial charge in [0.2, 0.25) is 0 Å². The Hall–Kier alpha value is -0.420. The Morgan fingerprint density at radius 2 is 2.56 bits per heavy atom. The minimum atomic E-state index is -0.551. The number of hydrogen-bond donors (Lipinski definition) is 1. The number of carbonyl (C=O) groups is 1. The molecule has 1 N–H and O–H groups in total. The quantitative estimate of drug-likeness (QED) is 0.526. The van der Waals surface area contributed by atoms with E-state index in [4.69, 9.17) is 0 Å². The van der Waals surface area contributed by atoms with E-state index < -0.39 is 5.91 Å². The molecule has 0 bridgehead atoms. The average Bonchev–Trinajstić information content (AvgIpc) is 2.37. The van der Waals surface area contributed by atoms with Gasteiger partial charge in [-0.25, -0.2) is 0 Å². The standard InChI is InChI=1S/C4H6N2O2S/c7-4(6-8)3-1-5-2-9-3/h3,5H,1-2H2. The zero-order valence-corrected chi connectivity index (χ0v) is 5.48. The summed E-state index contributed by atoms with van der Waals surface area (Å²) in [4.78, 5) is 20.1. The number of amides is 1. The summed E-state index contributed by atoms with van der Waals surface area (Å²) >= 11 is 1.42. The minimum Gasteiger partial charge on any atom is -0.306 e. The third-order valence-corrected chi connectivity index (χ3v) is 2.22. The van der Waals surface area contributed by atoms with Gasteiger partial charge in [-0.15, -0.1) is 16.7 Å². The molecule has 1 fully saturated rings. The second-order valence-electron chi connectivity index (χ2n) is 1.68. The molecule has 9 heavy (non-hydrogen) atoms. The van der Waals surface area contributed by atoms with Crippen LogP contribution in [0.2, 0.25) is 0 Å². The van der Waals surface area contributed by atoms with Crippen molar-refractivity contribution >= 4 is 17.7 Å². The first-order valence-electron chi connectivity index (χ1n) is 2.54. The molecule has 0 spiro atoms. The lowest BCUT2D eigenvalue weighted by molar-refractivity contribution is -0.117. The van der Waals surface area contributed by atoms with E-state index >= 15 is 0 Å². The van der Waals surface area contributed by atoms with Gasteiger partial charge in [-0.3, -0.25) is 4.79 Å². The molecule has 0 aromatic rings. The van der Waals surface area contributed by atoms with Crippen molar-refractivity contribution in [3.8, 4) is 0 Å². The summed E-state index contributed by atoms with van der Waals surface area (Å²) in [5.74, 6) is 0.191. The topological polar surface area (TPSA) is 58.5 Å². The lowest BCUT2D eigenvalue weighted by atomic mass is 10.4. The molecule has 1 atom stereocenters. The average molecular weight is 146 g/mol. The second-order valence-corrected chi connectivity index (χ2v) is 2.87. The van der Waals surface area contributed by atoms with Crippen LogP contribution in [0.4, 0.5) is 0 Å². The molecule has 0 radical (unpaired) electrons. The van der Waals surface area contributed by atoms with Gasteiger partial charge in [0.25, 0.3) is 0 Å². The van der Waals surface area contributed by atoms with Gasteiger partial charge in [0, 0.05) is 17.6 Å². The fourth-order valence-electron chi connectivity index (χ4n) is 0.626. The maximum Gasteiger partial charge on any atom is 0.300 e. The Kier molecular flexibility index (Phi) is 2.18.